The number of hydrogen-bond acceptors (Lipinski definition) is 2. The zero-order valence-corrected chi connectivity index (χ0v) is 9.91. The average Bonchev–Trinajstić information content (AvgIpc) is 2.63. The van der Waals surface area contributed by atoms with Crippen molar-refractivity contribution in [1.82, 2.24) is 0 Å². The molecular weight excluding hydrogens is 184 g/mol. The van der Waals surface area contributed by atoms with Gasteiger partial charge in [-0.3, -0.25) is 0 Å². The number of rotatable bonds is 2. The fourth-order valence-corrected chi connectivity index (χ4v) is 2.14. The minimum absolute atomic E-state index is 1.06. The van der Waals surface area contributed by atoms with E-state index in [1.165, 1.54) is 22.5 Å². The molecule has 0 spiro atoms. The van der Waals surface area contributed by atoms with Crippen molar-refractivity contribution in [1.29, 1.82) is 0 Å². The van der Waals surface area contributed by atoms with Crippen LogP contribution in [0.5, 0.6) is 0 Å². The minimum atomic E-state index is 1.06. The fraction of sp³-hybridized carbons (Fsp3) is 0.385. The molecule has 80 valence electrons. The summed E-state index contributed by atoms with van der Waals surface area (Å²) in [5, 5.41) is 0. The van der Waals surface area contributed by atoms with Crippen molar-refractivity contribution >= 4 is 17.5 Å². The summed E-state index contributed by atoms with van der Waals surface area (Å²) in [5.41, 5.74) is 5.47. The van der Waals surface area contributed by atoms with E-state index in [-0.39, 0.29) is 0 Å². The highest BCUT2D eigenvalue weighted by molar-refractivity contribution is 5.79. The zero-order valence-electron chi connectivity index (χ0n) is 9.91. The lowest BCUT2D eigenvalue weighted by Gasteiger charge is -2.22. The van der Waals surface area contributed by atoms with Gasteiger partial charge in [0.2, 0.25) is 0 Å². The van der Waals surface area contributed by atoms with E-state index < -0.39 is 0 Å². The molecule has 0 saturated heterocycles. The average molecular weight is 202 g/mol. The van der Waals surface area contributed by atoms with Gasteiger partial charge in [-0.05, 0) is 24.1 Å². The smallest absolute Gasteiger partial charge is 0.0438 e. The second kappa shape index (κ2) is 3.61. The molecule has 0 saturated carbocycles. The predicted octanol–water partition coefficient (Wildman–Crippen LogP) is 2.39. The Balaban J connectivity index is 2.57. The maximum atomic E-state index is 2.24. The topological polar surface area (TPSA) is 6.48 Å². The normalized spacial score (nSPS) is 12.8. The molecule has 1 aliphatic carbocycles. The lowest BCUT2D eigenvalue weighted by molar-refractivity contribution is 1.08. The van der Waals surface area contributed by atoms with E-state index in [2.05, 4.69) is 62.3 Å². The van der Waals surface area contributed by atoms with Crippen LogP contribution < -0.4 is 9.80 Å². The molecule has 2 nitrogen and oxygen atoms in total. The summed E-state index contributed by atoms with van der Waals surface area (Å²) >= 11 is 0. The van der Waals surface area contributed by atoms with Crippen LogP contribution in [0.4, 0.5) is 11.4 Å². The quantitative estimate of drug-likeness (QED) is 0.726. The molecule has 0 aromatic heterocycles. The van der Waals surface area contributed by atoms with Gasteiger partial charge in [0.15, 0.2) is 0 Å². The van der Waals surface area contributed by atoms with Crippen molar-refractivity contribution in [3.63, 3.8) is 0 Å². The van der Waals surface area contributed by atoms with Crippen LogP contribution in [0.3, 0.4) is 0 Å². The number of nitrogens with zero attached hydrogens (tertiary/aromatic N) is 2. The van der Waals surface area contributed by atoms with Gasteiger partial charge < -0.3 is 9.80 Å². The molecule has 1 aromatic carbocycles. The van der Waals surface area contributed by atoms with Crippen LogP contribution in [-0.4, -0.2) is 28.2 Å². The lowest BCUT2D eigenvalue weighted by atomic mass is 10.0. The summed E-state index contributed by atoms with van der Waals surface area (Å²) in [6.45, 7) is 0. The minimum Gasteiger partial charge on any atom is -0.377 e. The van der Waals surface area contributed by atoms with Gasteiger partial charge in [0.25, 0.3) is 0 Å². The Morgan fingerprint density at radius 2 is 1.53 bits per heavy atom. The summed E-state index contributed by atoms with van der Waals surface area (Å²) in [7, 11) is 8.39. The highest BCUT2D eigenvalue weighted by Gasteiger charge is 2.16. The molecule has 0 heterocycles. The zero-order chi connectivity index (χ0) is 11.0. The second-order valence-corrected chi connectivity index (χ2v) is 4.39. The largest absolute Gasteiger partial charge is 0.377 e. The number of allylic oxidation sites excluding steroid dienone is 1. The van der Waals surface area contributed by atoms with Gasteiger partial charge in [0, 0.05) is 45.1 Å². The van der Waals surface area contributed by atoms with Crippen molar-refractivity contribution in [3.8, 4) is 0 Å². The van der Waals surface area contributed by atoms with E-state index in [0.717, 1.165) is 6.42 Å². The van der Waals surface area contributed by atoms with Gasteiger partial charge in [-0.2, -0.15) is 0 Å². The second-order valence-electron chi connectivity index (χ2n) is 4.39. The van der Waals surface area contributed by atoms with E-state index in [4.69, 9.17) is 0 Å². The van der Waals surface area contributed by atoms with E-state index >= 15 is 0 Å². The Labute approximate surface area is 91.8 Å². The first-order chi connectivity index (χ1) is 7.11. The Morgan fingerprint density at radius 1 is 0.933 bits per heavy atom. The Kier molecular flexibility index (Phi) is 2.43. The van der Waals surface area contributed by atoms with Crippen LogP contribution in [-0.2, 0) is 6.42 Å². The molecule has 0 fully saturated rings. The molecule has 0 unspecified atom stereocenters. The highest BCUT2D eigenvalue weighted by atomic mass is 15.1. The van der Waals surface area contributed by atoms with Crippen LogP contribution >= 0.6 is 0 Å². The number of benzene rings is 1. The summed E-state index contributed by atoms with van der Waals surface area (Å²) in [6.07, 6.45) is 5.53. The summed E-state index contributed by atoms with van der Waals surface area (Å²) < 4.78 is 0. The molecule has 1 aromatic rings. The van der Waals surface area contributed by atoms with Gasteiger partial charge in [-0.25, -0.2) is 0 Å². The molecule has 15 heavy (non-hydrogen) atoms. The molecule has 0 aliphatic heterocycles. The van der Waals surface area contributed by atoms with Gasteiger partial charge in [-0.15, -0.1) is 0 Å². The van der Waals surface area contributed by atoms with Gasteiger partial charge in [0.05, 0.1) is 0 Å². The maximum Gasteiger partial charge on any atom is 0.0438 e. The van der Waals surface area contributed by atoms with Crippen molar-refractivity contribution in [2.24, 2.45) is 0 Å². The fourth-order valence-electron chi connectivity index (χ4n) is 2.14. The third kappa shape index (κ3) is 1.60. The van der Waals surface area contributed by atoms with Crippen molar-refractivity contribution in [2.75, 3.05) is 38.0 Å². The van der Waals surface area contributed by atoms with E-state index in [0.29, 0.717) is 0 Å². The molecule has 0 amide bonds. The summed E-state index contributed by atoms with van der Waals surface area (Å²) in [5.74, 6) is 0. The molecule has 0 bridgehead atoms. The monoisotopic (exact) mass is 202 g/mol. The summed E-state index contributed by atoms with van der Waals surface area (Å²) in [4.78, 5) is 4.36. The maximum absolute atomic E-state index is 2.24. The van der Waals surface area contributed by atoms with Crippen molar-refractivity contribution < 1.29 is 0 Å². The first-order valence-corrected chi connectivity index (χ1v) is 5.28. The van der Waals surface area contributed by atoms with Crippen LogP contribution in [0.2, 0.25) is 0 Å². The molecule has 0 atom stereocenters. The van der Waals surface area contributed by atoms with E-state index in [1.54, 1.807) is 0 Å². The van der Waals surface area contributed by atoms with Crippen LogP contribution in [0.15, 0.2) is 18.2 Å². The van der Waals surface area contributed by atoms with E-state index in [1.807, 2.05) is 0 Å². The van der Waals surface area contributed by atoms with E-state index in [9.17, 15) is 0 Å². The van der Waals surface area contributed by atoms with Crippen molar-refractivity contribution in [3.05, 3.63) is 29.3 Å². The molecule has 1 aliphatic rings. The highest BCUT2D eigenvalue weighted by Crippen LogP contribution is 2.35. The third-order valence-corrected chi connectivity index (χ3v) is 2.88. The summed E-state index contributed by atoms with van der Waals surface area (Å²) in [6, 6.07) is 4.41. The molecule has 0 radical (unpaired) electrons. The number of anilines is 2. The third-order valence-electron chi connectivity index (χ3n) is 2.88. The van der Waals surface area contributed by atoms with Gasteiger partial charge in [-0.1, -0.05) is 12.2 Å². The van der Waals surface area contributed by atoms with Crippen LogP contribution in [0.25, 0.3) is 6.08 Å². The Bertz CT molecular complexity index is 403. The number of fused-ring (bicyclic) bond motifs is 1. The molecule has 0 N–H and O–H groups in total. The Hall–Kier alpha value is -1.44. The molecule has 2 rings (SSSR count). The SMILES string of the molecule is CN(C)c1ccc(N(C)C)c2c1C=CC2. The Morgan fingerprint density at radius 3 is 2.13 bits per heavy atom. The first kappa shape index (κ1) is 10.1. The molecular formula is C13H18N2. The molecule has 2 heteroatoms. The van der Waals surface area contributed by atoms with Gasteiger partial charge in [0.1, 0.15) is 0 Å². The lowest BCUT2D eigenvalue weighted by Crippen LogP contribution is -2.14. The van der Waals surface area contributed by atoms with Gasteiger partial charge >= 0.3 is 0 Å². The predicted molar refractivity (Wildman–Crippen MR) is 67.8 cm³/mol. The van der Waals surface area contributed by atoms with Crippen LogP contribution in [0.1, 0.15) is 11.1 Å². The van der Waals surface area contributed by atoms with Crippen molar-refractivity contribution in [2.45, 2.75) is 6.42 Å². The van der Waals surface area contributed by atoms with Crippen LogP contribution in [0, 0.1) is 0 Å². The first-order valence-electron chi connectivity index (χ1n) is 5.28. The number of hydrogen-bond donors (Lipinski definition) is 0. The standard InChI is InChI=1S/C13H18N2/c1-14(2)12-8-9-13(15(3)4)11-7-5-6-10(11)12/h5-6,8-9H,7H2,1-4H3.